The maximum absolute atomic E-state index is 11.5. The fraction of sp³-hybridized carbons (Fsp3) is 0.429. The molecule has 1 radical (unpaired) electrons. The zero-order valence-corrected chi connectivity index (χ0v) is 12.0. The first-order valence-corrected chi connectivity index (χ1v) is 6.55. The van der Waals surface area contributed by atoms with Gasteiger partial charge in [0.2, 0.25) is 5.56 Å². The predicted octanol–water partition coefficient (Wildman–Crippen LogP) is 0.610. The lowest BCUT2D eigenvalue weighted by molar-refractivity contribution is -0.146. The molecule has 115 valence electrons. The maximum atomic E-state index is 11.5. The van der Waals surface area contributed by atoms with Crippen molar-refractivity contribution in [3.8, 4) is 0 Å². The van der Waals surface area contributed by atoms with Crippen molar-refractivity contribution in [2.45, 2.75) is 26.3 Å². The number of esters is 2. The Labute approximate surface area is 122 Å². The number of hydrogen-bond acceptors (Lipinski definition) is 6. The molecule has 0 aliphatic carbocycles. The average Bonchev–Trinajstić information content (AvgIpc) is 2.46. The van der Waals surface area contributed by atoms with Crippen LogP contribution in [0, 0.1) is 12.5 Å². The summed E-state index contributed by atoms with van der Waals surface area (Å²) in [5.41, 5.74) is 5.54. The molecule has 7 heteroatoms. The lowest BCUT2D eigenvalue weighted by Gasteiger charge is -2.14. The van der Waals surface area contributed by atoms with Gasteiger partial charge in [0.05, 0.1) is 12.2 Å². The molecule has 1 atom stereocenters. The van der Waals surface area contributed by atoms with Gasteiger partial charge in [0.25, 0.3) is 0 Å². The number of carbonyl (C=O) groups is 2. The lowest BCUT2D eigenvalue weighted by atomic mass is 10.1. The van der Waals surface area contributed by atoms with Gasteiger partial charge in [-0.05, 0) is 12.0 Å². The Hall–Kier alpha value is -2.15. The number of ether oxygens (including phenoxy) is 2. The second-order valence-electron chi connectivity index (χ2n) is 4.74. The van der Waals surface area contributed by atoms with Gasteiger partial charge < -0.3 is 20.2 Å². The molecule has 21 heavy (non-hydrogen) atoms. The van der Waals surface area contributed by atoms with Gasteiger partial charge in [0.15, 0.2) is 0 Å². The van der Waals surface area contributed by atoms with E-state index in [2.05, 4.69) is 4.98 Å². The first kappa shape index (κ1) is 16.9. The van der Waals surface area contributed by atoms with Crippen molar-refractivity contribution in [2.24, 2.45) is 11.7 Å². The Morgan fingerprint density at radius 2 is 2.10 bits per heavy atom. The number of hydrogen-bond donors (Lipinski definition) is 2. The largest absolute Gasteiger partial charge is 0.464 e. The minimum Gasteiger partial charge on any atom is -0.464 e. The SMILES string of the molecule is CC(C)[C@H](N)C(=O)OCC[CH]OC(=O)c1ccc(=O)[nH]c1. The summed E-state index contributed by atoms with van der Waals surface area (Å²) in [5, 5.41) is 0. The van der Waals surface area contributed by atoms with Gasteiger partial charge in [-0.3, -0.25) is 9.59 Å². The van der Waals surface area contributed by atoms with Crippen molar-refractivity contribution < 1.29 is 19.1 Å². The molecule has 0 fully saturated rings. The molecule has 0 spiro atoms. The fourth-order valence-corrected chi connectivity index (χ4v) is 1.32. The molecule has 1 rings (SSSR count). The number of rotatable bonds is 7. The highest BCUT2D eigenvalue weighted by atomic mass is 16.5. The summed E-state index contributed by atoms with van der Waals surface area (Å²) >= 11 is 0. The van der Waals surface area contributed by atoms with E-state index in [-0.39, 0.29) is 30.1 Å². The second-order valence-corrected chi connectivity index (χ2v) is 4.74. The fourth-order valence-electron chi connectivity index (χ4n) is 1.32. The second kappa shape index (κ2) is 8.21. The molecule has 1 heterocycles. The monoisotopic (exact) mass is 295 g/mol. The summed E-state index contributed by atoms with van der Waals surface area (Å²) in [5.74, 6) is -1.08. The van der Waals surface area contributed by atoms with Crippen molar-refractivity contribution in [2.75, 3.05) is 6.61 Å². The van der Waals surface area contributed by atoms with Crippen LogP contribution < -0.4 is 11.3 Å². The number of nitrogens with two attached hydrogens (primary N) is 1. The van der Waals surface area contributed by atoms with E-state index >= 15 is 0 Å². The molecular weight excluding hydrogens is 276 g/mol. The number of aromatic nitrogens is 1. The number of aromatic amines is 1. The van der Waals surface area contributed by atoms with Crippen LogP contribution in [0.3, 0.4) is 0 Å². The van der Waals surface area contributed by atoms with Crippen molar-refractivity contribution >= 4 is 11.9 Å². The zero-order chi connectivity index (χ0) is 15.8. The molecule has 7 nitrogen and oxygen atoms in total. The highest BCUT2D eigenvalue weighted by molar-refractivity contribution is 5.89. The van der Waals surface area contributed by atoms with Gasteiger partial charge in [-0.25, -0.2) is 4.79 Å². The Kier molecular flexibility index (Phi) is 6.61. The molecule has 3 N–H and O–H groups in total. The van der Waals surface area contributed by atoms with Gasteiger partial charge in [0.1, 0.15) is 12.6 Å². The smallest absolute Gasteiger partial charge is 0.340 e. The molecule has 0 saturated heterocycles. The number of carbonyl (C=O) groups excluding carboxylic acids is 2. The summed E-state index contributed by atoms with van der Waals surface area (Å²) < 4.78 is 9.78. The first-order chi connectivity index (χ1) is 9.91. The van der Waals surface area contributed by atoms with Crippen molar-refractivity contribution in [3.63, 3.8) is 0 Å². The van der Waals surface area contributed by atoms with Gasteiger partial charge in [0, 0.05) is 18.7 Å². The standard InChI is InChI=1S/C14H19N2O5/c1-9(2)12(15)14(19)21-7-3-6-20-13(18)10-4-5-11(17)16-8-10/h4-6,8-9,12H,3,7,15H2,1-2H3,(H,16,17)/t12-/m0/s1. The molecule has 0 aliphatic rings. The van der Waals surface area contributed by atoms with Gasteiger partial charge >= 0.3 is 11.9 Å². The van der Waals surface area contributed by atoms with Crippen molar-refractivity contribution in [1.82, 2.24) is 4.98 Å². The van der Waals surface area contributed by atoms with Gasteiger partial charge in [-0.1, -0.05) is 13.8 Å². The molecule has 0 aliphatic heterocycles. The van der Waals surface area contributed by atoms with Crippen LogP contribution in [0.25, 0.3) is 0 Å². The van der Waals surface area contributed by atoms with E-state index < -0.39 is 18.0 Å². The molecule has 0 amide bonds. The van der Waals surface area contributed by atoms with Crippen molar-refractivity contribution in [3.05, 3.63) is 40.9 Å². The van der Waals surface area contributed by atoms with Crippen LogP contribution in [0.1, 0.15) is 30.6 Å². The minimum absolute atomic E-state index is 0.000423. The van der Waals surface area contributed by atoms with E-state index in [9.17, 15) is 14.4 Å². The zero-order valence-electron chi connectivity index (χ0n) is 12.0. The lowest BCUT2D eigenvalue weighted by Crippen LogP contribution is -2.37. The third kappa shape index (κ3) is 5.78. The van der Waals surface area contributed by atoms with Crippen LogP contribution >= 0.6 is 0 Å². The summed E-state index contributed by atoms with van der Waals surface area (Å²) in [4.78, 5) is 36.2. The van der Waals surface area contributed by atoms with Crippen LogP contribution in [-0.4, -0.2) is 29.6 Å². The Bertz CT molecular complexity index is 518. The summed E-state index contributed by atoms with van der Waals surface area (Å²) in [6.07, 6.45) is 1.52. The maximum Gasteiger partial charge on any atom is 0.340 e. The highest BCUT2D eigenvalue weighted by Gasteiger charge is 2.18. The summed E-state index contributed by atoms with van der Waals surface area (Å²) in [6, 6.07) is 1.93. The summed E-state index contributed by atoms with van der Waals surface area (Å²) in [7, 11) is 0. The summed E-state index contributed by atoms with van der Waals surface area (Å²) in [6.45, 7) is 4.97. The first-order valence-electron chi connectivity index (χ1n) is 6.55. The van der Waals surface area contributed by atoms with Crippen LogP contribution in [0.15, 0.2) is 23.1 Å². The molecule has 0 bridgehead atoms. The van der Waals surface area contributed by atoms with Crippen LogP contribution in [-0.2, 0) is 14.3 Å². The third-order valence-corrected chi connectivity index (χ3v) is 2.68. The average molecular weight is 295 g/mol. The highest BCUT2D eigenvalue weighted by Crippen LogP contribution is 2.03. The number of nitrogens with one attached hydrogen (secondary N) is 1. The van der Waals surface area contributed by atoms with Gasteiger partial charge in [-0.15, -0.1) is 0 Å². The van der Waals surface area contributed by atoms with E-state index in [1.165, 1.54) is 24.9 Å². The molecule has 1 aromatic rings. The number of H-pyrrole nitrogens is 1. The molecule has 0 unspecified atom stereocenters. The molecule has 0 aromatic carbocycles. The third-order valence-electron chi connectivity index (χ3n) is 2.68. The predicted molar refractivity (Wildman–Crippen MR) is 75.2 cm³/mol. The van der Waals surface area contributed by atoms with E-state index in [1.54, 1.807) is 0 Å². The van der Waals surface area contributed by atoms with Crippen LogP contribution in [0.4, 0.5) is 0 Å². The minimum atomic E-state index is -0.659. The van der Waals surface area contributed by atoms with Crippen LogP contribution in [0.2, 0.25) is 0 Å². The molecular formula is C14H19N2O5. The molecule has 0 saturated carbocycles. The number of pyridine rings is 1. The van der Waals surface area contributed by atoms with E-state index in [0.29, 0.717) is 0 Å². The van der Waals surface area contributed by atoms with Gasteiger partial charge in [-0.2, -0.15) is 0 Å². The van der Waals surface area contributed by atoms with Crippen molar-refractivity contribution in [1.29, 1.82) is 0 Å². The van der Waals surface area contributed by atoms with E-state index in [0.717, 1.165) is 0 Å². The Balaban J connectivity index is 2.22. The molecule has 1 aromatic heterocycles. The topological polar surface area (TPSA) is 111 Å². The quantitative estimate of drug-likeness (QED) is 0.563. The Morgan fingerprint density at radius 1 is 1.38 bits per heavy atom. The van der Waals surface area contributed by atoms with Crippen LogP contribution in [0.5, 0.6) is 0 Å². The van der Waals surface area contributed by atoms with E-state index in [4.69, 9.17) is 15.2 Å². The Morgan fingerprint density at radius 3 is 2.67 bits per heavy atom. The normalized spacial score (nSPS) is 12.0. The van der Waals surface area contributed by atoms with E-state index in [1.807, 2.05) is 13.8 Å².